The minimum absolute atomic E-state index is 0.0223. The topological polar surface area (TPSA) is 96.4 Å². The number of aromatic nitrogens is 3. The average Bonchev–Trinajstić information content (AvgIpc) is 3.68. The van der Waals surface area contributed by atoms with Gasteiger partial charge in [0.15, 0.2) is 5.82 Å². The molecule has 4 aromatic rings. The van der Waals surface area contributed by atoms with Crippen LogP contribution in [0.1, 0.15) is 25.7 Å². The van der Waals surface area contributed by atoms with Crippen molar-refractivity contribution < 1.29 is 27.8 Å². The molecule has 2 aromatic carbocycles. The molecule has 7 aliphatic rings. The predicted octanol–water partition coefficient (Wildman–Crippen LogP) is 5.04. The Hall–Kier alpha value is -4.01. The molecule has 282 valence electrons. The van der Waals surface area contributed by atoms with E-state index in [1.807, 2.05) is 35.2 Å². The van der Waals surface area contributed by atoms with Crippen LogP contribution >= 0.6 is 11.6 Å². The average molecular weight is 758 g/mol. The van der Waals surface area contributed by atoms with Crippen LogP contribution in [0.4, 0.5) is 14.6 Å². The second-order valence-corrected chi connectivity index (χ2v) is 16.3. The summed E-state index contributed by atoms with van der Waals surface area (Å²) in [4.78, 5) is 36.4. The molecule has 2 bridgehead atoms. The molecule has 1 amide bonds. The third-order valence-corrected chi connectivity index (χ3v) is 12.7. The van der Waals surface area contributed by atoms with Crippen molar-refractivity contribution in [2.75, 3.05) is 77.1 Å². The molecule has 4 atom stereocenters. The Bertz CT molecular complexity index is 2150. The molecule has 7 aliphatic heterocycles. The quantitative estimate of drug-likeness (QED) is 0.228. The number of carbonyl (C=O) groups excluding carboxylic acids is 1. The van der Waals surface area contributed by atoms with Gasteiger partial charge in [-0.15, -0.1) is 0 Å². The van der Waals surface area contributed by atoms with Crippen molar-refractivity contribution in [3.63, 3.8) is 0 Å². The van der Waals surface area contributed by atoms with Gasteiger partial charge in [0.1, 0.15) is 35.3 Å². The number of anilines is 1. The fraction of sp³-hybridized carbons (Fsp3) is 0.500. The Morgan fingerprint density at radius 2 is 1.89 bits per heavy atom. The highest BCUT2D eigenvalue weighted by atomic mass is 35.5. The van der Waals surface area contributed by atoms with Crippen LogP contribution in [0.25, 0.3) is 32.9 Å². The van der Waals surface area contributed by atoms with Crippen molar-refractivity contribution in [3.8, 4) is 17.3 Å². The molecule has 0 aliphatic carbocycles. The number of piperidine rings is 1. The highest BCUT2D eigenvalue weighted by Gasteiger charge is 2.51. The maximum absolute atomic E-state index is 17.0. The number of hydrogen-bond acceptors (Lipinski definition) is 10. The van der Waals surface area contributed by atoms with Crippen LogP contribution in [0.2, 0.25) is 5.02 Å². The first-order chi connectivity index (χ1) is 26.3. The minimum atomic E-state index is -0.916. The molecule has 2 aromatic heterocycles. The standard InChI is InChI=1S/C40H42ClF2N7O4/c41-31-8-2-6-25-5-1-7-29(33(25)31)35-34(43)36-30(17-44-35)37(46-38(45-36)53-24-39-10-4-12-49(39)18-26(42)16-39)48-13-14-50(40(21-48)22-52-23-40)32(51)9-3-11-47-19-27-15-28(20-47)54-27/h1-3,5-9,17,26-28H,4,10-16,18-24H2/b9-3+/t26-,27?,28?,39+/m1/s1. The van der Waals surface area contributed by atoms with Crippen molar-refractivity contribution in [2.24, 2.45) is 0 Å². The van der Waals surface area contributed by atoms with E-state index in [2.05, 4.69) is 24.7 Å². The molecule has 0 radical (unpaired) electrons. The van der Waals surface area contributed by atoms with E-state index < -0.39 is 23.1 Å². The Balaban J connectivity index is 0.980. The zero-order valence-corrected chi connectivity index (χ0v) is 30.7. The molecule has 11 nitrogen and oxygen atoms in total. The van der Waals surface area contributed by atoms with Crippen LogP contribution in [0.3, 0.4) is 0 Å². The number of halogens is 3. The van der Waals surface area contributed by atoms with Gasteiger partial charge in [-0.1, -0.05) is 48.0 Å². The first-order valence-electron chi connectivity index (χ1n) is 19.0. The van der Waals surface area contributed by atoms with Crippen LogP contribution < -0.4 is 9.64 Å². The summed E-state index contributed by atoms with van der Waals surface area (Å²) in [6.45, 7) is 5.97. The van der Waals surface area contributed by atoms with Gasteiger partial charge in [0.25, 0.3) is 0 Å². The van der Waals surface area contributed by atoms with Crippen molar-refractivity contribution in [3.05, 3.63) is 65.6 Å². The van der Waals surface area contributed by atoms with Gasteiger partial charge >= 0.3 is 6.01 Å². The van der Waals surface area contributed by atoms with Gasteiger partial charge in [0.2, 0.25) is 5.91 Å². The number of piperazine rings is 1. The summed E-state index contributed by atoms with van der Waals surface area (Å²) in [6, 6.07) is 11.2. The number of morpholine rings is 1. The fourth-order valence-electron chi connectivity index (χ4n) is 9.72. The Labute approximate surface area is 316 Å². The van der Waals surface area contributed by atoms with Crippen LogP contribution in [0.15, 0.2) is 54.7 Å². The Kier molecular flexibility index (Phi) is 8.51. The highest BCUT2D eigenvalue weighted by Crippen LogP contribution is 2.42. The molecular weight excluding hydrogens is 716 g/mol. The summed E-state index contributed by atoms with van der Waals surface area (Å²) in [5, 5.41) is 2.49. The lowest BCUT2D eigenvalue weighted by atomic mass is 9.91. The molecule has 9 heterocycles. The first kappa shape index (κ1) is 34.5. The Morgan fingerprint density at radius 3 is 2.69 bits per heavy atom. The molecular formula is C40H42ClF2N7O4. The molecule has 0 saturated carbocycles. The smallest absolute Gasteiger partial charge is 0.319 e. The van der Waals surface area contributed by atoms with E-state index in [4.69, 9.17) is 30.8 Å². The van der Waals surface area contributed by atoms with E-state index in [1.165, 1.54) is 0 Å². The lowest BCUT2D eigenvalue weighted by Gasteiger charge is -2.55. The molecule has 54 heavy (non-hydrogen) atoms. The number of pyridine rings is 1. The molecule has 11 rings (SSSR count). The van der Waals surface area contributed by atoms with Crippen LogP contribution in [0, 0.1) is 5.82 Å². The number of carbonyl (C=O) groups is 1. The van der Waals surface area contributed by atoms with Crippen molar-refractivity contribution in [1.29, 1.82) is 0 Å². The summed E-state index contributed by atoms with van der Waals surface area (Å²) < 4.78 is 49.5. The third-order valence-electron chi connectivity index (χ3n) is 12.4. The van der Waals surface area contributed by atoms with Gasteiger partial charge in [0.05, 0.1) is 36.3 Å². The number of fused-ring (bicyclic) bond motifs is 5. The second kappa shape index (κ2) is 13.3. The molecule has 7 fully saturated rings. The minimum Gasteiger partial charge on any atom is -0.461 e. The maximum atomic E-state index is 17.0. The van der Waals surface area contributed by atoms with Crippen LogP contribution in [0.5, 0.6) is 6.01 Å². The fourth-order valence-corrected chi connectivity index (χ4v) is 10.0. The van der Waals surface area contributed by atoms with E-state index in [0.717, 1.165) is 44.3 Å². The van der Waals surface area contributed by atoms with E-state index >= 15 is 4.39 Å². The number of nitrogens with zero attached hydrogens (tertiary/aromatic N) is 7. The molecule has 1 spiro atoms. The number of rotatable bonds is 8. The number of hydrogen-bond donors (Lipinski definition) is 0. The zero-order valence-electron chi connectivity index (χ0n) is 29.9. The van der Waals surface area contributed by atoms with Crippen LogP contribution in [-0.2, 0) is 14.3 Å². The van der Waals surface area contributed by atoms with E-state index in [9.17, 15) is 9.18 Å². The molecule has 14 heteroatoms. The van der Waals surface area contributed by atoms with Gasteiger partial charge in [-0.3, -0.25) is 19.6 Å². The Morgan fingerprint density at radius 1 is 1.07 bits per heavy atom. The summed E-state index contributed by atoms with van der Waals surface area (Å²) in [5.41, 5.74) is -0.270. The summed E-state index contributed by atoms with van der Waals surface area (Å²) in [6.07, 6.45) is 8.26. The molecule has 7 saturated heterocycles. The van der Waals surface area contributed by atoms with Gasteiger partial charge in [-0.2, -0.15) is 9.97 Å². The van der Waals surface area contributed by atoms with Crippen molar-refractivity contribution in [1.82, 2.24) is 29.7 Å². The number of amides is 1. The van der Waals surface area contributed by atoms with Crippen LogP contribution in [-0.4, -0.2) is 137 Å². The summed E-state index contributed by atoms with van der Waals surface area (Å²) >= 11 is 6.66. The maximum Gasteiger partial charge on any atom is 0.319 e. The number of ether oxygens (including phenoxy) is 3. The van der Waals surface area contributed by atoms with Gasteiger partial charge in [-0.25, -0.2) is 8.78 Å². The summed E-state index contributed by atoms with van der Waals surface area (Å²) in [7, 11) is 0. The zero-order chi connectivity index (χ0) is 36.6. The largest absolute Gasteiger partial charge is 0.461 e. The molecule has 0 N–H and O–H groups in total. The lowest BCUT2D eigenvalue weighted by molar-refractivity contribution is -0.178. The van der Waals surface area contributed by atoms with E-state index in [-0.39, 0.29) is 29.7 Å². The highest BCUT2D eigenvalue weighted by molar-refractivity contribution is 6.36. The van der Waals surface area contributed by atoms with Crippen molar-refractivity contribution in [2.45, 2.75) is 55.1 Å². The van der Waals surface area contributed by atoms with Gasteiger partial charge in [0, 0.05) is 86.9 Å². The summed E-state index contributed by atoms with van der Waals surface area (Å²) in [5.74, 6) is -0.196. The number of alkyl halides is 1. The second-order valence-electron chi connectivity index (χ2n) is 15.9. The third kappa shape index (κ3) is 5.82. The van der Waals surface area contributed by atoms with Gasteiger partial charge in [-0.05, 0) is 30.8 Å². The van der Waals surface area contributed by atoms with E-state index in [1.54, 1.807) is 24.4 Å². The SMILES string of the molecule is O=C(/C=C/CN1CC2CC(C1)O2)N1CCN(c2nc(OC[C@@]34CCCN3C[C@H](F)C4)nc3c(F)c(-c4cccc5cccc(Cl)c45)ncc23)CC12COC2. The predicted molar refractivity (Wildman–Crippen MR) is 200 cm³/mol. The monoisotopic (exact) mass is 757 g/mol. The normalized spacial score (nSPS) is 27.9. The van der Waals surface area contributed by atoms with Crippen molar-refractivity contribution >= 4 is 45.0 Å². The first-order valence-corrected chi connectivity index (χ1v) is 19.4. The van der Waals surface area contributed by atoms with Gasteiger partial charge < -0.3 is 24.0 Å². The molecule has 2 unspecified atom stereocenters. The van der Waals surface area contributed by atoms with E-state index in [0.29, 0.717) is 91.7 Å². The number of benzene rings is 2. The lowest BCUT2D eigenvalue weighted by Crippen LogP contribution is -2.72.